The lowest BCUT2D eigenvalue weighted by Gasteiger charge is -2.22. The van der Waals surface area contributed by atoms with E-state index in [1.807, 2.05) is 6.07 Å². The second kappa shape index (κ2) is 5.83. The number of anilines is 1. The van der Waals surface area contributed by atoms with Gasteiger partial charge in [-0.2, -0.15) is 11.8 Å². The molecule has 3 rings (SSSR count). The molecule has 2 heterocycles. The van der Waals surface area contributed by atoms with Gasteiger partial charge in [0, 0.05) is 17.2 Å². The van der Waals surface area contributed by atoms with E-state index in [4.69, 9.17) is 4.98 Å². The Kier molecular flexibility index (Phi) is 3.92. The Bertz CT molecular complexity index is 562. The molecule has 2 nitrogen and oxygen atoms in total. The van der Waals surface area contributed by atoms with Crippen molar-refractivity contribution >= 4 is 28.5 Å². The summed E-state index contributed by atoms with van der Waals surface area (Å²) in [7, 11) is 0. The van der Waals surface area contributed by atoms with Crippen molar-refractivity contribution in [1.82, 2.24) is 4.98 Å². The molecule has 0 bridgehead atoms. The van der Waals surface area contributed by atoms with Crippen LogP contribution in [0.4, 0.5) is 5.82 Å². The Hall–Kier alpha value is -1.22. The summed E-state index contributed by atoms with van der Waals surface area (Å²) in [6, 6.07) is 10.5. The maximum atomic E-state index is 4.74. The van der Waals surface area contributed by atoms with Crippen LogP contribution in [0.5, 0.6) is 0 Å². The van der Waals surface area contributed by atoms with Gasteiger partial charge in [0.25, 0.3) is 0 Å². The van der Waals surface area contributed by atoms with E-state index in [1.54, 1.807) is 0 Å². The number of hydrogen-bond donors (Lipinski definition) is 1. The van der Waals surface area contributed by atoms with E-state index in [9.17, 15) is 0 Å². The molecule has 1 N–H and O–H groups in total. The number of nitrogens with zero attached hydrogens (tertiary/aromatic N) is 1. The van der Waals surface area contributed by atoms with E-state index < -0.39 is 0 Å². The van der Waals surface area contributed by atoms with Crippen molar-refractivity contribution in [2.45, 2.75) is 31.4 Å². The number of thioether (sulfide) groups is 1. The number of pyridine rings is 1. The van der Waals surface area contributed by atoms with Gasteiger partial charge in [-0.15, -0.1) is 0 Å². The van der Waals surface area contributed by atoms with Crippen molar-refractivity contribution in [3.05, 3.63) is 35.9 Å². The smallest absolute Gasteiger partial charge is 0.129 e. The van der Waals surface area contributed by atoms with Gasteiger partial charge in [-0.1, -0.05) is 24.6 Å². The van der Waals surface area contributed by atoms with Crippen molar-refractivity contribution in [3.8, 4) is 0 Å². The van der Waals surface area contributed by atoms with Crippen molar-refractivity contribution in [3.63, 3.8) is 0 Å². The van der Waals surface area contributed by atoms with E-state index in [-0.39, 0.29) is 0 Å². The first-order valence-electron chi connectivity index (χ1n) is 7.05. The average molecular weight is 272 g/mol. The lowest BCUT2D eigenvalue weighted by atomic mass is 10.1. The Labute approximate surface area is 119 Å². The topological polar surface area (TPSA) is 24.9 Å². The quantitative estimate of drug-likeness (QED) is 0.904. The summed E-state index contributed by atoms with van der Waals surface area (Å²) < 4.78 is 0. The van der Waals surface area contributed by atoms with Gasteiger partial charge < -0.3 is 5.32 Å². The van der Waals surface area contributed by atoms with Crippen LogP contribution in [0.25, 0.3) is 10.9 Å². The van der Waals surface area contributed by atoms with E-state index >= 15 is 0 Å². The number of nitrogens with one attached hydrogen (secondary N) is 1. The molecule has 0 saturated carbocycles. The van der Waals surface area contributed by atoms with Gasteiger partial charge in [0.1, 0.15) is 5.82 Å². The first kappa shape index (κ1) is 12.8. The summed E-state index contributed by atoms with van der Waals surface area (Å²) >= 11 is 2.10. The molecular formula is C16H20N2S. The molecule has 0 aliphatic carbocycles. The van der Waals surface area contributed by atoms with Crippen LogP contribution < -0.4 is 5.32 Å². The fourth-order valence-electron chi connectivity index (χ4n) is 2.58. The minimum Gasteiger partial charge on any atom is -0.369 e. The van der Waals surface area contributed by atoms with E-state index in [1.165, 1.54) is 36.0 Å². The second-order valence-corrected chi connectivity index (χ2v) is 6.62. The maximum absolute atomic E-state index is 4.74. The minimum atomic E-state index is 0.751. The summed E-state index contributed by atoms with van der Waals surface area (Å²) in [5.41, 5.74) is 2.31. The Morgan fingerprint density at radius 2 is 2.21 bits per heavy atom. The highest BCUT2D eigenvalue weighted by molar-refractivity contribution is 7.99. The largest absolute Gasteiger partial charge is 0.369 e. The summed E-state index contributed by atoms with van der Waals surface area (Å²) in [5, 5.41) is 5.51. The molecule has 1 aromatic carbocycles. The first-order valence-corrected chi connectivity index (χ1v) is 8.10. The van der Waals surface area contributed by atoms with Gasteiger partial charge in [0.2, 0.25) is 0 Å². The maximum Gasteiger partial charge on any atom is 0.129 e. The third-order valence-corrected chi connectivity index (χ3v) is 5.08. The van der Waals surface area contributed by atoms with E-state index in [2.05, 4.69) is 48.3 Å². The van der Waals surface area contributed by atoms with Crippen molar-refractivity contribution in [1.29, 1.82) is 0 Å². The molecule has 19 heavy (non-hydrogen) atoms. The molecule has 1 aromatic heterocycles. The fraction of sp³-hybridized carbons (Fsp3) is 0.438. The molecule has 3 heteroatoms. The summed E-state index contributed by atoms with van der Waals surface area (Å²) in [6.45, 7) is 3.17. The molecule has 0 radical (unpaired) electrons. The van der Waals surface area contributed by atoms with Gasteiger partial charge in [0.05, 0.1) is 5.52 Å². The van der Waals surface area contributed by atoms with E-state index in [0.29, 0.717) is 0 Å². The molecule has 1 fully saturated rings. The number of benzene rings is 1. The SMILES string of the molecule is Cc1cc2ccccc2nc1NCC1CCCCS1. The van der Waals surface area contributed by atoms with Crippen LogP contribution in [-0.4, -0.2) is 22.5 Å². The Morgan fingerprint density at radius 1 is 1.32 bits per heavy atom. The number of rotatable bonds is 3. The molecular weight excluding hydrogens is 252 g/mol. The lowest BCUT2D eigenvalue weighted by Crippen LogP contribution is -2.20. The van der Waals surface area contributed by atoms with E-state index in [0.717, 1.165) is 23.1 Å². The van der Waals surface area contributed by atoms with Crippen molar-refractivity contribution in [2.24, 2.45) is 0 Å². The Morgan fingerprint density at radius 3 is 3.05 bits per heavy atom. The monoisotopic (exact) mass is 272 g/mol. The predicted molar refractivity (Wildman–Crippen MR) is 85.1 cm³/mol. The van der Waals surface area contributed by atoms with Crippen molar-refractivity contribution in [2.75, 3.05) is 17.6 Å². The standard InChI is InChI=1S/C16H20N2S/c1-12-10-13-6-2-3-8-15(13)18-16(12)17-11-14-7-4-5-9-19-14/h2-3,6,8,10,14H,4-5,7,9,11H2,1H3,(H,17,18). The molecule has 0 spiro atoms. The summed E-state index contributed by atoms with van der Waals surface area (Å²) in [6.07, 6.45) is 4.10. The van der Waals surface area contributed by atoms with Gasteiger partial charge in [0.15, 0.2) is 0 Å². The highest BCUT2D eigenvalue weighted by atomic mass is 32.2. The number of para-hydroxylation sites is 1. The zero-order valence-corrected chi connectivity index (χ0v) is 12.2. The molecule has 1 aliphatic rings. The van der Waals surface area contributed by atoms with Crippen LogP contribution in [0.3, 0.4) is 0 Å². The number of aryl methyl sites for hydroxylation is 1. The lowest BCUT2D eigenvalue weighted by molar-refractivity contribution is 0.677. The molecule has 100 valence electrons. The van der Waals surface area contributed by atoms with Crippen LogP contribution in [0.1, 0.15) is 24.8 Å². The predicted octanol–water partition coefficient (Wildman–Crippen LogP) is 4.24. The van der Waals surface area contributed by atoms with Gasteiger partial charge >= 0.3 is 0 Å². The molecule has 1 atom stereocenters. The average Bonchev–Trinajstić information content (AvgIpc) is 2.46. The normalized spacial score (nSPS) is 19.5. The van der Waals surface area contributed by atoms with Crippen LogP contribution in [0.15, 0.2) is 30.3 Å². The third kappa shape index (κ3) is 3.03. The number of aromatic nitrogens is 1. The zero-order chi connectivity index (χ0) is 13.1. The van der Waals surface area contributed by atoms with Gasteiger partial charge in [-0.05, 0) is 43.2 Å². The zero-order valence-electron chi connectivity index (χ0n) is 11.4. The minimum absolute atomic E-state index is 0.751. The highest BCUT2D eigenvalue weighted by Gasteiger charge is 2.14. The molecule has 1 aliphatic heterocycles. The molecule has 1 unspecified atom stereocenters. The summed E-state index contributed by atoms with van der Waals surface area (Å²) in [4.78, 5) is 4.74. The third-order valence-electron chi connectivity index (χ3n) is 3.69. The summed E-state index contributed by atoms with van der Waals surface area (Å²) in [5.74, 6) is 2.36. The van der Waals surface area contributed by atoms with Crippen LogP contribution in [0, 0.1) is 6.92 Å². The molecule has 0 amide bonds. The van der Waals surface area contributed by atoms with Gasteiger partial charge in [-0.25, -0.2) is 4.98 Å². The number of hydrogen-bond acceptors (Lipinski definition) is 3. The van der Waals surface area contributed by atoms with Crippen molar-refractivity contribution < 1.29 is 0 Å². The van der Waals surface area contributed by atoms with Gasteiger partial charge in [-0.3, -0.25) is 0 Å². The highest BCUT2D eigenvalue weighted by Crippen LogP contribution is 2.26. The fourth-order valence-corrected chi connectivity index (χ4v) is 3.82. The van der Waals surface area contributed by atoms with Crippen LogP contribution >= 0.6 is 11.8 Å². The van der Waals surface area contributed by atoms with Crippen LogP contribution in [0.2, 0.25) is 0 Å². The second-order valence-electron chi connectivity index (χ2n) is 5.22. The van der Waals surface area contributed by atoms with Crippen LogP contribution in [-0.2, 0) is 0 Å². The Balaban J connectivity index is 1.74. The number of fused-ring (bicyclic) bond motifs is 1. The first-order chi connectivity index (χ1) is 9.33. The molecule has 2 aromatic rings. The molecule has 1 saturated heterocycles.